The van der Waals surface area contributed by atoms with Crippen LogP contribution in [-0.2, 0) is 20.2 Å². The van der Waals surface area contributed by atoms with Gasteiger partial charge in [0.15, 0.2) is 0 Å². The summed E-state index contributed by atoms with van der Waals surface area (Å²) >= 11 is 0. The van der Waals surface area contributed by atoms with Crippen molar-refractivity contribution in [2.24, 2.45) is 0 Å². The maximum atomic E-state index is 12.1. The van der Waals surface area contributed by atoms with E-state index in [0.717, 1.165) is 0 Å². The number of rotatable bonds is 5. The van der Waals surface area contributed by atoms with Gasteiger partial charge in [-0.25, -0.2) is 18.1 Å². The van der Waals surface area contributed by atoms with Gasteiger partial charge in [0.05, 0.1) is 10.3 Å². The molecule has 0 saturated heterocycles. The number of sulfonamides is 1. The first-order valence-corrected chi connectivity index (χ1v) is 7.78. The van der Waals surface area contributed by atoms with Crippen LogP contribution >= 0.6 is 0 Å². The molecule has 0 radical (unpaired) electrons. The van der Waals surface area contributed by atoms with Crippen LogP contribution in [0.25, 0.3) is 0 Å². The van der Waals surface area contributed by atoms with Gasteiger partial charge >= 0.3 is 5.97 Å². The fourth-order valence-electron chi connectivity index (χ4n) is 2.21. The fraction of sp³-hybridized carbons (Fsp3) is 0.231. The second-order valence-corrected chi connectivity index (χ2v) is 6.64. The average molecular weight is 307 g/mol. The fourth-order valence-corrected chi connectivity index (χ4v) is 3.19. The van der Waals surface area contributed by atoms with Crippen LogP contribution in [0.5, 0.6) is 0 Å². The van der Waals surface area contributed by atoms with Gasteiger partial charge in [-0.3, -0.25) is 4.79 Å². The molecule has 0 spiro atoms. The molecule has 1 aromatic carbocycles. The van der Waals surface area contributed by atoms with E-state index in [1.165, 1.54) is 24.5 Å². The summed E-state index contributed by atoms with van der Waals surface area (Å²) in [6.45, 7) is 0. The maximum absolute atomic E-state index is 12.1. The van der Waals surface area contributed by atoms with E-state index in [9.17, 15) is 18.3 Å². The van der Waals surface area contributed by atoms with E-state index in [1.54, 1.807) is 12.1 Å². The molecule has 3 N–H and O–H groups in total. The van der Waals surface area contributed by atoms with Gasteiger partial charge in [-0.1, -0.05) is 12.1 Å². The molecule has 2 aromatic rings. The van der Waals surface area contributed by atoms with Crippen molar-refractivity contribution in [1.82, 2.24) is 9.97 Å². The average Bonchev–Trinajstić information content (AvgIpc) is 3.12. The Morgan fingerprint density at radius 2 is 1.95 bits per heavy atom. The Morgan fingerprint density at radius 3 is 2.43 bits per heavy atom. The Bertz CT molecular complexity index is 762. The Morgan fingerprint density at radius 1 is 1.29 bits per heavy atom. The number of carboxylic acid groups (broad SMARTS) is 1. The molecule has 8 heteroatoms. The number of aromatic nitrogens is 2. The summed E-state index contributed by atoms with van der Waals surface area (Å²) in [5.41, 5.74) is -0.205. The SMILES string of the molecule is O=C(O)C1(c2ccc(S(=O)(=O)Nc3ncc[nH]3)cc2)CC1. The quantitative estimate of drug-likeness (QED) is 0.771. The second-order valence-electron chi connectivity index (χ2n) is 4.95. The topological polar surface area (TPSA) is 112 Å². The van der Waals surface area contributed by atoms with Crippen LogP contribution < -0.4 is 4.72 Å². The van der Waals surface area contributed by atoms with E-state index in [4.69, 9.17) is 0 Å². The monoisotopic (exact) mass is 307 g/mol. The van der Waals surface area contributed by atoms with Crippen molar-refractivity contribution in [2.75, 3.05) is 4.72 Å². The first-order chi connectivity index (χ1) is 9.94. The number of benzene rings is 1. The predicted molar refractivity (Wildman–Crippen MR) is 74.4 cm³/mol. The molecule has 110 valence electrons. The molecule has 0 bridgehead atoms. The van der Waals surface area contributed by atoms with E-state index < -0.39 is 21.4 Å². The Hall–Kier alpha value is -2.35. The van der Waals surface area contributed by atoms with Crippen molar-refractivity contribution >= 4 is 21.9 Å². The van der Waals surface area contributed by atoms with Gasteiger partial charge in [0, 0.05) is 12.4 Å². The van der Waals surface area contributed by atoms with Crippen molar-refractivity contribution in [3.8, 4) is 0 Å². The first-order valence-electron chi connectivity index (χ1n) is 6.30. The van der Waals surface area contributed by atoms with Gasteiger partial charge in [-0.05, 0) is 30.5 Å². The Balaban J connectivity index is 1.86. The van der Waals surface area contributed by atoms with Crippen molar-refractivity contribution in [3.63, 3.8) is 0 Å². The van der Waals surface area contributed by atoms with Crippen LogP contribution in [-0.4, -0.2) is 29.5 Å². The van der Waals surface area contributed by atoms with Crippen molar-refractivity contribution in [2.45, 2.75) is 23.2 Å². The molecule has 0 aliphatic heterocycles. The number of nitrogens with zero attached hydrogens (tertiary/aromatic N) is 1. The predicted octanol–water partition coefficient (Wildman–Crippen LogP) is 1.33. The summed E-state index contributed by atoms with van der Waals surface area (Å²) in [5, 5.41) is 9.21. The lowest BCUT2D eigenvalue weighted by Crippen LogP contribution is -2.20. The van der Waals surface area contributed by atoms with Gasteiger partial charge in [0.2, 0.25) is 5.95 Å². The Labute approximate surface area is 121 Å². The van der Waals surface area contributed by atoms with Crippen LogP contribution in [0.15, 0.2) is 41.6 Å². The number of anilines is 1. The molecule has 1 saturated carbocycles. The lowest BCUT2D eigenvalue weighted by Gasteiger charge is -2.11. The normalized spacial score (nSPS) is 16.4. The lowest BCUT2D eigenvalue weighted by atomic mass is 9.96. The number of aliphatic carboxylic acids is 1. The smallest absolute Gasteiger partial charge is 0.314 e. The maximum Gasteiger partial charge on any atom is 0.314 e. The number of nitrogens with one attached hydrogen (secondary N) is 2. The summed E-state index contributed by atoms with van der Waals surface area (Å²) in [7, 11) is -3.74. The van der Waals surface area contributed by atoms with Crippen LogP contribution in [0, 0.1) is 0 Å². The van der Waals surface area contributed by atoms with Gasteiger partial charge in [-0.2, -0.15) is 0 Å². The van der Waals surface area contributed by atoms with E-state index in [2.05, 4.69) is 14.7 Å². The minimum Gasteiger partial charge on any atom is -0.481 e. The molecule has 1 heterocycles. The van der Waals surface area contributed by atoms with Crippen molar-refractivity contribution in [3.05, 3.63) is 42.2 Å². The van der Waals surface area contributed by atoms with Crippen LogP contribution in [0.1, 0.15) is 18.4 Å². The summed E-state index contributed by atoms with van der Waals surface area (Å²) in [6.07, 6.45) is 4.10. The molecular weight excluding hydrogens is 294 g/mol. The number of hydrogen-bond acceptors (Lipinski definition) is 4. The molecule has 7 nitrogen and oxygen atoms in total. The van der Waals surface area contributed by atoms with Gasteiger partial charge < -0.3 is 10.1 Å². The minimum absolute atomic E-state index is 0.0591. The minimum atomic E-state index is -3.74. The van der Waals surface area contributed by atoms with Crippen LogP contribution in [0.2, 0.25) is 0 Å². The summed E-state index contributed by atoms with van der Waals surface area (Å²) in [6, 6.07) is 5.92. The van der Waals surface area contributed by atoms with Gasteiger partial charge in [-0.15, -0.1) is 0 Å². The lowest BCUT2D eigenvalue weighted by molar-refractivity contribution is -0.140. The molecule has 1 aliphatic carbocycles. The largest absolute Gasteiger partial charge is 0.481 e. The second kappa shape index (κ2) is 4.59. The number of carbonyl (C=O) groups is 1. The molecular formula is C13H13N3O4S. The molecule has 0 amide bonds. The molecule has 0 atom stereocenters. The number of aromatic amines is 1. The highest BCUT2D eigenvalue weighted by Gasteiger charge is 2.51. The third kappa shape index (κ3) is 2.38. The third-order valence-corrected chi connectivity index (χ3v) is 4.96. The van der Waals surface area contributed by atoms with Crippen molar-refractivity contribution in [1.29, 1.82) is 0 Å². The molecule has 21 heavy (non-hydrogen) atoms. The van der Waals surface area contributed by atoms with Crippen molar-refractivity contribution < 1.29 is 18.3 Å². The summed E-state index contributed by atoms with van der Waals surface area (Å²) < 4.78 is 26.5. The molecule has 0 unspecified atom stereocenters. The van der Waals surface area contributed by atoms with E-state index in [0.29, 0.717) is 18.4 Å². The number of carboxylic acids is 1. The summed E-state index contributed by atoms with van der Waals surface area (Å²) in [5.74, 6) is -0.741. The number of H-pyrrole nitrogens is 1. The molecule has 1 aromatic heterocycles. The molecule has 1 fully saturated rings. The zero-order valence-corrected chi connectivity index (χ0v) is 11.7. The molecule has 3 rings (SSSR count). The zero-order chi connectivity index (χ0) is 15.1. The highest BCUT2D eigenvalue weighted by molar-refractivity contribution is 7.92. The highest BCUT2D eigenvalue weighted by atomic mass is 32.2. The number of hydrogen-bond donors (Lipinski definition) is 3. The number of imidazole rings is 1. The van der Waals surface area contributed by atoms with Crippen LogP contribution in [0.4, 0.5) is 5.95 Å². The van der Waals surface area contributed by atoms with E-state index in [1.807, 2.05) is 0 Å². The molecule has 1 aliphatic rings. The first kappa shape index (κ1) is 13.6. The van der Waals surface area contributed by atoms with Gasteiger partial charge in [0.25, 0.3) is 10.0 Å². The van der Waals surface area contributed by atoms with E-state index >= 15 is 0 Å². The van der Waals surface area contributed by atoms with E-state index in [-0.39, 0.29) is 10.8 Å². The highest BCUT2D eigenvalue weighted by Crippen LogP contribution is 2.48. The zero-order valence-electron chi connectivity index (χ0n) is 10.9. The third-order valence-electron chi connectivity index (χ3n) is 3.61. The van der Waals surface area contributed by atoms with Crippen LogP contribution in [0.3, 0.4) is 0 Å². The van der Waals surface area contributed by atoms with Gasteiger partial charge in [0.1, 0.15) is 0 Å². The standard InChI is InChI=1S/C13H13N3O4S/c17-11(18)13(5-6-13)9-1-3-10(4-2-9)21(19,20)16-12-14-7-8-15-12/h1-4,7-8H,5-6H2,(H,17,18)(H2,14,15,16). The summed E-state index contributed by atoms with van der Waals surface area (Å²) in [4.78, 5) is 17.7. The Kier molecular flexibility index (Phi) is 2.98.